The van der Waals surface area contributed by atoms with E-state index in [0.717, 1.165) is 0 Å². The van der Waals surface area contributed by atoms with Crippen molar-refractivity contribution < 1.29 is 22.7 Å². The van der Waals surface area contributed by atoms with Gasteiger partial charge in [-0.25, -0.2) is 4.98 Å². The van der Waals surface area contributed by atoms with Crippen molar-refractivity contribution in [2.24, 2.45) is 0 Å². The molecule has 204 valence electrons. The Bertz CT molecular complexity index is 1170. The number of nitrogens with zero attached hydrogens (tertiary/aromatic N) is 6. The van der Waals surface area contributed by atoms with Crippen LogP contribution in [0.5, 0.6) is 0 Å². The highest BCUT2D eigenvalue weighted by molar-refractivity contribution is 5.87. The molecule has 38 heavy (non-hydrogen) atoms. The lowest BCUT2D eigenvalue weighted by Crippen LogP contribution is -2.63. The zero-order valence-electron chi connectivity index (χ0n) is 21.8. The van der Waals surface area contributed by atoms with Crippen molar-refractivity contribution >= 4 is 17.4 Å². The highest BCUT2D eigenvalue weighted by Crippen LogP contribution is 2.42. The lowest BCUT2D eigenvalue weighted by atomic mass is 9.85. The Balaban J connectivity index is 1.33. The average Bonchev–Trinajstić information content (AvgIpc) is 3.14. The third-order valence-electron chi connectivity index (χ3n) is 8.40. The van der Waals surface area contributed by atoms with E-state index in [1.54, 1.807) is 17.0 Å². The van der Waals surface area contributed by atoms with Crippen molar-refractivity contribution in [3.05, 3.63) is 41.6 Å². The lowest BCUT2D eigenvalue weighted by molar-refractivity contribution is -0.141. The van der Waals surface area contributed by atoms with E-state index >= 15 is 0 Å². The van der Waals surface area contributed by atoms with E-state index < -0.39 is 17.4 Å². The molecule has 1 aromatic heterocycles. The molecule has 0 bridgehead atoms. The maximum atomic E-state index is 14.1. The van der Waals surface area contributed by atoms with Crippen molar-refractivity contribution in [2.45, 2.75) is 50.6 Å². The highest BCUT2D eigenvalue weighted by Gasteiger charge is 2.44. The molecule has 1 atom stereocenters. The van der Waals surface area contributed by atoms with Crippen LogP contribution in [0.25, 0.3) is 0 Å². The topological polar surface area (TPSA) is 75.9 Å². The van der Waals surface area contributed by atoms with Crippen molar-refractivity contribution in [1.29, 1.82) is 5.26 Å². The SMILES string of the molecule is C=CC(=O)N1CCN(C2CN(c3cc(N4CCC5(CC4)OC(C)C=C5C)nc(C(F)(F)F)c3C#N)C2)CC1. The zero-order valence-corrected chi connectivity index (χ0v) is 21.8. The largest absolute Gasteiger partial charge is 0.434 e. The van der Waals surface area contributed by atoms with Crippen LogP contribution in [0.15, 0.2) is 30.4 Å². The first-order valence-corrected chi connectivity index (χ1v) is 13.1. The van der Waals surface area contributed by atoms with Gasteiger partial charge in [-0.2, -0.15) is 18.4 Å². The number of hydrogen-bond acceptors (Lipinski definition) is 7. The molecule has 3 saturated heterocycles. The van der Waals surface area contributed by atoms with Crippen LogP contribution in [0.4, 0.5) is 24.7 Å². The van der Waals surface area contributed by atoms with E-state index in [-0.39, 0.29) is 35.2 Å². The normalized spacial score (nSPS) is 24.3. The number of anilines is 2. The lowest BCUT2D eigenvalue weighted by Gasteiger charge is -2.49. The van der Waals surface area contributed by atoms with Gasteiger partial charge in [0.15, 0.2) is 5.69 Å². The summed E-state index contributed by atoms with van der Waals surface area (Å²) in [4.78, 5) is 23.5. The van der Waals surface area contributed by atoms with E-state index in [0.29, 0.717) is 65.2 Å². The summed E-state index contributed by atoms with van der Waals surface area (Å²) in [5.74, 6) is 0.153. The molecule has 0 saturated carbocycles. The van der Waals surface area contributed by atoms with Crippen LogP contribution < -0.4 is 9.80 Å². The summed E-state index contributed by atoms with van der Waals surface area (Å²) in [5, 5.41) is 9.74. The number of alkyl halides is 3. The Morgan fingerprint density at radius 2 is 1.84 bits per heavy atom. The van der Waals surface area contributed by atoms with Gasteiger partial charge < -0.3 is 19.4 Å². The van der Waals surface area contributed by atoms with Crippen LogP contribution in [-0.4, -0.2) is 90.8 Å². The minimum Gasteiger partial charge on any atom is -0.367 e. The van der Waals surface area contributed by atoms with E-state index in [2.05, 4.69) is 29.5 Å². The van der Waals surface area contributed by atoms with Gasteiger partial charge in [0.25, 0.3) is 0 Å². The Kier molecular flexibility index (Phi) is 6.90. The highest BCUT2D eigenvalue weighted by atomic mass is 19.4. The Labute approximate surface area is 220 Å². The molecule has 0 aliphatic carbocycles. The first-order chi connectivity index (χ1) is 18.0. The molecule has 0 N–H and O–H groups in total. The molecule has 4 aliphatic heterocycles. The molecule has 5 rings (SSSR count). The first-order valence-electron chi connectivity index (χ1n) is 13.1. The fourth-order valence-electron chi connectivity index (χ4n) is 6.16. The van der Waals surface area contributed by atoms with E-state index in [1.807, 2.05) is 16.7 Å². The summed E-state index contributed by atoms with van der Waals surface area (Å²) in [6, 6.07) is 3.58. The first kappa shape index (κ1) is 26.5. The summed E-state index contributed by atoms with van der Waals surface area (Å²) >= 11 is 0. The molecule has 1 aromatic rings. The van der Waals surface area contributed by atoms with E-state index in [1.165, 1.54) is 11.6 Å². The van der Waals surface area contributed by atoms with Gasteiger partial charge in [0.05, 0.1) is 17.4 Å². The minimum atomic E-state index is -4.74. The second-order valence-corrected chi connectivity index (χ2v) is 10.6. The quantitative estimate of drug-likeness (QED) is 0.437. The van der Waals surface area contributed by atoms with E-state index in [4.69, 9.17) is 4.74 Å². The van der Waals surface area contributed by atoms with Gasteiger partial charge in [-0.1, -0.05) is 12.7 Å². The predicted octanol–water partition coefficient (Wildman–Crippen LogP) is 3.19. The number of nitriles is 1. The second kappa shape index (κ2) is 9.89. The van der Waals surface area contributed by atoms with Gasteiger partial charge in [0, 0.05) is 64.5 Å². The Morgan fingerprint density at radius 3 is 2.37 bits per heavy atom. The third-order valence-corrected chi connectivity index (χ3v) is 8.40. The molecule has 0 aromatic carbocycles. The number of piperazine rings is 1. The molecule has 11 heteroatoms. The number of ether oxygens (including phenoxy) is 1. The number of halogens is 3. The summed E-state index contributed by atoms with van der Waals surface area (Å²) in [7, 11) is 0. The zero-order chi connectivity index (χ0) is 27.2. The van der Waals surface area contributed by atoms with Crippen LogP contribution in [0.1, 0.15) is 37.9 Å². The molecule has 3 fully saturated rings. The number of rotatable bonds is 4. The smallest absolute Gasteiger partial charge is 0.367 e. The minimum absolute atomic E-state index is 0.0304. The van der Waals surface area contributed by atoms with Gasteiger partial charge in [-0.05, 0) is 38.3 Å². The second-order valence-electron chi connectivity index (χ2n) is 10.6. The van der Waals surface area contributed by atoms with E-state index in [9.17, 15) is 23.2 Å². The van der Waals surface area contributed by atoms with Crippen molar-refractivity contribution in [2.75, 3.05) is 62.2 Å². The van der Waals surface area contributed by atoms with Gasteiger partial charge in [0.2, 0.25) is 5.91 Å². The molecular weight excluding hydrogens is 497 g/mol. The number of amides is 1. The van der Waals surface area contributed by atoms with Crippen LogP contribution >= 0.6 is 0 Å². The van der Waals surface area contributed by atoms with Gasteiger partial charge >= 0.3 is 6.18 Å². The number of carbonyl (C=O) groups excluding carboxylic acids is 1. The number of aromatic nitrogens is 1. The molecule has 1 amide bonds. The molecule has 4 aliphatic rings. The molecule has 5 heterocycles. The fraction of sp³-hybridized carbons (Fsp3) is 0.593. The maximum Gasteiger partial charge on any atom is 0.434 e. The number of piperidine rings is 1. The number of hydrogen-bond donors (Lipinski definition) is 0. The average molecular weight is 531 g/mol. The summed E-state index contributed by atoms with van der Waals surface area (Å²) in [6.07, 6.45) is 0.0448. The van der Waals surface area contributed by atoms with Gasteiger partial charge in [0.1, 0.15) is 17.5 Å². The molecule has 1 spiro atoms. The number of carbonyl (C=O) groups is 1. The van der Waals surface area contributed by atoms with Crippen molar-refractivity contribution in [1.82, 2.24) is 14.8 Å². The molecular formula is C27H33F3N6O2. The fourth-order valence-corrected chi connectivity index (χ4v) is 6.16. The monoisotopic (exact) mass is 530 g/mol. The molecule has 1 unspecified atom stereocenters. The van der Waals surface area contributed by atoms with Crippen LogP contribution in [0, 0.1) is 11.3 Å². The van der Waals surface area contributed by atoms with Crippen LogP contribution in [0.3, 0.4) is 0 Å². The number of pyridine rings is 1. The van der Waals surface area contributed by atoms with Gasteiger partial charge in [-0.3, -0.25) is 9.69 Å². The van der Waals surface area contributed by atoms with Crippen LogP contribution in [-0.2, 0) is 15.7 Å². The summed E-state index contributed by atoms with van der Waals surface area (Å²) in [5.41, 5.74) is -0.460. The molecule has 8 nitrogen and oxygen atoms in total. The van der Waals surface area contributed by atoms with Crippen LogP contribution in [0.2, 0.25) is 0 Å². The van der Waals surface area contributed by atoms with Crippen molar-refractivity contribution in [3.63, 3.8) is 0 Å². The predicted molar refractivity (Wildman–Crippen MR) is 137 cm³/mol. The van der Waals surface area contributed by atoms with Gasteiger partial charge in [-0.15, -0.1) is 0 Å². The molecule has 0 radical (unpaired) electrons. The third kappa shape index (κ3) is 4.76. The standard InChI is InChI=1S/C27H33F3N6O2/c1-4-24(37)35-11-9-33(10-12-35)20-16-36(17-20)22-14-23(32-25(21(22)15-31)27(28,29)30)34-7-5-26(6-8-34)18(2)13-19(3)38-26/h4,13-14,19-20H,1,5-12,16-17H2,2-3H3. The summed E-state index contributed by atoms with van der Waals surface area (Å²) in [6.45, 7) is 12.2. The Hall–Kier alpha value is -3.10. The summed E-state index contributed by atoms with van der Waals surface area (Å²) < 4.78 is 48.4. The maximum absolute atomic E-state index is 14.1. The van der Waals surface area contributed by atoms with Crippen molar-refractivity contribution in [3.8, 4) is 6.07 Å². The Morgan fingerprint density at radius 1 is 1.18 bits per heavy atom.